The summed E-state index contributed by atoms with van der Waals surface area (Å²) < 4.78 is 27.2. The molecule has 3 aromatic rings. The summed E-state index contributed by atoms with van der Waals surface area (Å²) in [6.45, 7) is 0. The van der Waals surface area contributed by atoms with Gasteiger partial charge in [-0.3, -0.25) is 4.79 Å². The second-order valence-corrected chi connectivity index (χ2v) is 7.24. The minimum atomic E-state index is -3.71. The molecule has 0 bridgehead atoms. The van der Waals surface area contributed by atoms with Crippen molar-refractivity contribution in [3.63, 3.8) is 0 Å². The molecule has 0 N–H and O–H groups in total. The molecule has 7 heteroatoms. The summed E-state index contributed by atoms with van der Waals surface area (Å²) in [4.78, 5) is 15.1. The third-order valence-electron chi connectivity index (χ3n) is 2.99. The quantitative estimate of drug-likeness (QED) is 0.490. The molecule has 0 spiro atoms. The Hall–Kier alpha value is -1.74. The van der Waals surface area contributed by atoms with Crippen LogP contribution in [0, 0.1) is 3.70 Å². The predicted molar refractivity (Wildman–Crippen MR) is 86.9 cm³/mol. The van der Waals surface area contributed by atoms with Crippen LogP contribution in [0.3, 0.4) is 0 Å². The molecule has 0 saturated heterocycles. The fraction of sp³-hybridized carbons (Fsp3) is 0. The molecule has 3 rings (SSSR count). The summed E-state index contributed by atoms with van der Waals surface area (Å²) in [7, 11) is -3.71. The van der Waals surface area contributed by atoms with Crippen LogP contribution >= 0.6 is 22.6 Å². The lowest BCUT2D eigenvalue weighted by molar-refractivity contribution is 0.112. The largest absolute Gasteiger partial charge is 0.298 e. The second-order valence-electron chi connectivity index (χ2n) is 4.35. The number of nitrogens with zero attached hydrogens (tertiary/aromatic N) is 2. The normalized spacial score (nSPS) is 11.7. The number of benzene rings is 1. The second kappa shape index (κ2) is 5.23. The summed E-state index contributed by atoms with van der Waals surface area (Å²) in [5.41, 5.74) is 0.724. The third-order valence-corrected chi connectivity index (χ3v) is 5.83. The maximum Gasteiger partial charge on any atom is 0.270 e. The Morgan fingerprint density at radius 2 is 1.86 bits per heavy atom. The molecule has 0 saturated carbocycles. The molecule has 1 aromatic carbocycles. The van der Waals surface area contributed by atoms with E-state index in [9.17, 15) is 13.2 Å². The van der Waals surface area contributed by atoms with Crippen LogP contribution in [0.1, 0.15) is 10.4 Å². The van der Waals surface area contributed by atoms with E-state index in [-0.39, 0.29) is 4.90 Å². The number of fused-ring (bicyclic) bond motifs is 1. The fourth-order valence-electron chi connectivity index (χ4n) is 2.05. The molecular formula is C14H9IN2O3S. The van der Waals surface area contributed by atoms with Gasteiger partial charge >= 0.3 is 0 Å². The number of aldehydes is 1. The number of carbonyl (C=O) groups is 1. The zero-order chi connectivity index (χ0) is 15.0. The molecule has 106 valence electrons. The smallest absolute Gasteiger partial charge is 0.270 e. The molecule has 0 aliphatic carbocycles. The van der Waals surface area contributed by atoms with Gasteiger partial charge in [-0.25, -0.2) is 17.4 Å². The highest BCUT2D eigenvalue weighted by Crippen LogP contribution is 2.25. The van der Waals surface area contributed by atoms with Crippen molar-refractivity contribution in [3.05, 3.63) is 57.9 Å². The van der Waals surface area contributed by atoms with Crippen molar-refractivity contribution in [1.29, 1.82) is 0 Å². The van der Waals surface area contributed by atoms with Crippen molar-refractivity contribution in [2.24, 2.45) is 0 Å². The number of halogens is 1. The summed E-state index contributed by atoms with van der Waals surface area (Å²) in [6, 6.07) is 11.5. The van der Waals surface area contributed by atoms with Crippen LogP contribution in [0.4, 0.5) is 0 Å². The molecule has 21 heavy (non-hydrogen) atoms. The minimum Gasteiger partial charge on any atom is -0.298 e. The third kappa shape index (κ3) is 2.36. The number of pyridine rings is 1. The van der Waals surface area contributed by atoms with Crippen LogP contribution in [0.15, 0.2) is 53.6 Å². The first-order valence-electron chi connectivity index (χ1n) is 5.97. The Morgan fingerprint density at radius 1 is 1.14 bits per heavy atom. The first-order valence-corrected chi connectivity index (χ1v) is 8.49. The zero-order valence-corrected chi connectivity index (χ0v) is 13.6. The van der Waals surface area contributed by atoms with Crippen LogP contribution in [0.2, 0.25) is 0 Å². The van der Waals surface area contributed by atoms with Crippen LogP contribution in [0.25, 0.3) is 11.0 Å². The van der Waals surface area contributed by atoms with Gasteiger partial charge in [-0.1, -0.05) is 18.2 Å². The van der Waals surface area contributed by atoms with Gasteiger partial charge < -0.3 is 0 Å². The molecule has 0 aliphatic heterocycles. The molecule has 5 nitrogen and oxygen atoms in total. The van der Waals surface area contributed by atoms with Gasteiger partial charge in [-0.05, 0) is 46.9 Å². The van der Waals surface area contributed by atoms with Crippen molar-refractivity contribution in [2.75, 3.05) is 0 Å². The summed E-state index contributed by atoms with van der Waals surface area (Å²) in [5.74, 6) is 0. The molecule has 0 radical (unpaired) electrons. The van der Waals surface area contributed by atoms with Gasteiger partial charge in [-0.15, -0.1) is 0 Å². The van der Waals surface area contributed by atoms with Crippen molar-refractivity contribution in [2.45, 2.75) is 4.90 Å². The maximum absolute atomic E-state index is 12.7. The van der Waals surface area contributed by atoms with Crippen LogP contribution in [-0.2, 0) is 10.0 Å². The van der Waals surface area contributed by atoms with Gasteiger partial charge in [0.05, 0.1) is 8.60 Å². The topological polar surface area (TPSA) is 69.0 Å². The van der Waals surface area contributed by atoms with Gasteiger partial charge in [0.1, 0.15) is 0 Å². The average molecular weight is 412 g/mol. The van der Waals surface area contributed by atoms with Crippen molar-refractivity contribution in [3.8, 4) is 0 Å². The Labute approximate surface area is 134 Å². The molecule has 0 fully saturated rings. The number of hydrogen-bond acceptors (Lipinski definition) is 4. The fourth-order valence-corrected chi connectivity index (χ4v) is 4.76. The minimum absolute atomic E-state index is 0.196. The van der Waals surface area contributed by atoms with E-state index in [0.29, 0.717) is 26.6 Å². The first-order chi connectivity index (χ1) is 10.0. The van der Waals surface area contributed by atoms with E-state index in [1.54, 1.807) is 30.3 Å². The zero-order valence-electron chi connectivity index (χ0n) is 10.6. The van der Waals surface area contributed by atoms with Gasteiger partial charge in [0.25, 0.3) is 10.0 Å². The Morgan fingerprint density at radius 3 is 2.52 bits per heavy atom. The van der Waals surface area contributed by atoms with Crippen molar-refractivity contribution >= 4 is 49.9 Å². The molecule has 0 aliphatic rings. The Bertz CT molecular complexity index is 934. The highest BCUT2D eigenvalue weighted by atomic mass is 127. The van der Waals surface area contributed by atoms with E-state index >= 15 is 0 Å². The monoisotopic (exact) mass is 412 g/mol. The average Bonchev–Trinajstić information content (AvgIpc) is 2.83. The lowest BCUT2D eigenvalue weighted by atomic mass is 10.2. The van der Waals surface area contributed by atoms with Crippen molar-refractivity contribution in [1.82, 2.24) is 8.96 Å². The van der Waals surface area contributed by atoms with E-state index in [1.165, 1.54) is 22.3 Å². The highest BCUT2D eigenvalue weighted by Gasteiger charge is 2.22. The summed E-state index contributed by atoms with van der Waals surface area (Å²) >= 11 is 1.94. The number of rotatable bonds is 3. The van der Waals surface area contributed by atoms with Crippen molar-refractivity contribution < 1.29 is 13.2 Å². The number of aromatic nitrogens is 2. The lowest BCUT2D eigenvalue weighted by Crippen LogP contribution is -2.14. The van der Waals surface area contributed by atoms with E-state index in [0.717, 1.165) is 0 Å². The molecule has 0 amide bonds. The van der Waals surface area contributed by atoms with Crippen LogP contribution in [0.5, 0.6) is 0 Å². The van der Waals surface area contributed by atoms with Crippen LogP contribution < -0.4 is 0 Å². The Kier molecular flexibility index (Phi) is 3.54. The number of carbonyl (C=O) groups excluding carboxylic acids is 1. The Balaban J connectivity index is 2.30. The van der Waals surface area contributed by atoms with Gasteiger partial charge in [0.15, 0.2) is 11.9 Å². The summed E-state index contributed by atoms with van der Waals surface area (Å²) in [6.07, 6.45) is 2.05. The van der Waals surface area contributed by atoms with Gasteiger partial charge in [0, 0.05) is 17.1 Å². The van der Waals surface area contributed by atoms with E-state index in [2.05, 4.69) is 4.98 Å². The number of hydrogen-bond donors (Lipinski definition) is 0. The molecule has 0 atom stereocenters. The highest BCUT2D eigenvalue weighted by molar-refractivity contribution is 14.1. The molecular weight excluding hydrogens is 403 g/mol. The molecule has 2 aromatic heterocycles. The van der Waals surface area contributed by atoms with Gasteiger partial charge in [-0.2, -0.15) is 0 Å². The molecule has 2 heterocycles. The van der Waals surface area contributed by atoms with Gasteiger partial charge in [0.2, 0.25) is 0 Å². The maximum atomic E-state index is 12.7. The standard InChI is InChI=1S/C14H9IN2O3S/c15-13-7-11-6-10(9-18)8-16-14(11)17(13)21(19,20)12-4-2-1-3-5-12/h1-9H. The predicted octanol–water partition coefficient (Wildman–Crippen LogP) is 2.69. The summed E-state index contributed by atoms with van der Waals surface area (Å²) in [5, 5.41) is 0.614. The van der Waals surface area contributed by atoms with E-state index < -0.39 is 10.0 Å². The first kappa shape index (κ1) is 14.2. The lowest BCUT2D eigenvalue weighted by Gasteiger charge is -2.08. The van der Waals surface area contributed by atoms with Crippen LogP contribution in [-0.4, -0.2) is 23.7 Å². The molecule has 0 unspecified atom stereocenters. The SMILES string of the molecule is O=Cc1cnc2c(c1)cc(I)n2S(=O)(=O)c1ccccc1. The van der Waals surface area contributed by atoms with E-state index in [4.69, 9.17) is 0 Å². The van der Waals surface area contributed by atoms with E-state index in [1.807, 2.05) is 22.6 Å².